The first-order chi connectivity index (χ1) is 15.6. The Bertz CT molecular complexity index is 1340. The molecule has 158 valence electrons. The lowest BCUT2D eigenvalue weighted by atomic mass is 10.1. The Hall–Kier alpha value is -3.42. The number of thiocarbonyl (C=S) groups is 1. The molecule has 1 fully saturated rings. The van der Waals surface area contributed by atoms with Crippen molar-refractivity contribution < 1.29 is 14.1 Å². The molecule has 0 spiro atoms. The highest BCUT2D eigenvalue weighted by atomic mass is 32.2. The zero-order valence-electron chi connectivity index (χ0n) is 17.1. The predicted octanol–water partition coefficient (Wildman–Crippen LogP) is 6.30. The van der Waals surface area contributed by atoms with Crippen LogP contribution in [0.25, 0.3) is 28.3 Å². The Morgan fingerprint density at radius 3 is 2.62 bits per heavy atom. The molecule has 2 heterocycles. The van der Waals surface area contributed by atoms with Crippen molar-refractivity contribution in [2.24, 2.45) is 0 Å². The number of rotatable bonds is 5. The monoisotopic (exact) mass is 458 g/mol. The van der Waals surface area contributed by atoms with Crippen molar-refractivity contribution in [2.75, 3.05) is 11.5 Å². The van der Waals surface area contributed by atoms with Gasteiger partial charge in [0.15, 0.2) is 10.1 Å². The maximum absolute atomic E-state index is 13.1. The van der Waals surface area contributed by atoms with E-state index in [2.05, 4.69) is 5.16 Å². The number of hydrogen-bond acceptors (Lipinski definition) is 6. The number of carbonyl (C=O) groups is 1. The van der Waals surface area contributed by atoms with Crippen molar-refractivity contribution in [1.82, 2.24) is 5.16 Å². The fourth-order valence-electron chi connectivity index (χ4n) is 3.55. The minimum absolute atomic E-state index is 0.141. The zero-order valence-corrected chi connectivity index (χ0v) is 18.8. The topological polar surface area (TPSA) is 55.6 Å². The Labute approximate surface area is 194 Å². The lowest BCUT2D eigenvalue weighted by Crippen LogP contribution is -2.27. The van der Waals surface area contributed by atoms with Gasteiger partial charge in [0.2, 0.25) is 0 Å². The summed E-state index contributed by atoms with van der Waals surface area (Å²) in [4.78, 5) is 15.2. The summed E-state index contributed by atoms with van der Waals surface area (Å²) in [5.74, 6) is 1.32. The maximum atomic E-state index is 13.1. The summed E-state index contributed by atoms with van der Waals surface area (Å²) < 4.78 is 11.6. The van der Waals surface area contributed by atoms with E-state index in [0.717, 1.165) is 33.5 Å². The van der Waals surface area contributed by atoms with Gasteiger partial charge in [-0.15, -0.1) is 0 Å². The summed E-state index contributed by atoms with van der Waals surface area (Å²) in [6, 6.07) is 23.0. The second kappa shape index (κ2) is 8.61. The number of nitrogens with zero attached hydrogens (tertiary/aromatic N) is 2. The molecule has 0 radical (unpaired) electrons. The molecule has 0 aliphatic carbocycles. The van der Waals surface area contributed by atoms with Crippen LogP contribution in [0.5, 0.6) is 5.75 Å². The molecular weight excluding hydrogens is 440 g/mol. The molecule has 5 nitrogen and oxygen atoms in total. The number of hydrogen-bond donors (Lipinski definition) is 0. The molecule has 0 saturated carbocycles. The molecular formula is C25H18N2O3S2. The second-order valence-electron chi connectivity index (χ2n) is 7.10. The van der Waals surface area contributed by atoms with Crippen molar-refractivity contribution >= 4 is 56.9 Å². The highest BCUT2D eigenvalue weighted by Gasteiger charge is 2.33. The van der Waals surface area contributed by atoms with E-state index >= 15 is 0 Å². The van der Waals surface area contributed by atoms with Gasteiger partial charge < -0.3 is 9.26 Å². The molecule has 0 bridgehead atoms. The van der Waals surface area contributed by atoms with Gasteiger partial charge in [-0.25, -0.2) is 0 Å². The van der Waals surface area contributed by atoms with E-state index in [1.165, 1.54) is 11.8 Å². The predicted molar refractivity (Wildman–Crippen MR) is 133 cm³/mol. The van der Waals surface area contributed by atoms with E-state index < -0.39 is 0 Å². The van der Waals surface area contributed by atoms with Crippen molar-refractivity contribution in [3.8, 4) is 17.1 Å². The van der Waals surface area contributed by atoms with E-state index in [0.29, 0.717) is 21.6 Å². The molecule has 4 aromatic rings. The molecule has 3 aromatic carbocycles. The first-order valence-corrected chi connectivity index (χ1v) is 11.3. The first-order valence-electron chi connectivity index (χ1n) is 10.1. The van der Waals surface area contributed by atoms with Crippen LogP contribution in [-0.4, -0.2) is 22.0 Å². The number of fused-ring (bicyclic) bond motifs is 1. The van der Waals surface area contributed by atoms with Crippen LogP contribution in [0.2, 0.25) is 0 Å². The van der Waals surface area contributed by atoms with E-state index in [1.54, 1.807) is 4.90 Å². The summed E-state index contributed by atoms with van der Waals surface area (Å²) in [7, 11) is 0. The van der Waals surface area contributed by atoms with Crippen LogP contribution in [0, 0.1) is 0 Å². The van der Waals surface area contributed by atoms with E-state index in [4.69, 9.17) is 21.5 Å². The van der Waals surface area contributed by atoms with Gasteiger partial charge in [-0.05, 0) is 55.0 Å². The highest BCUT2D eigenvalue weighted by molar-refractivity contribution is 8.27. The fraction of sp³-hybridized carbons (Fsp3) is 0.0800. The molecule has 0 unspecified atom stereocenters. The third-order valence-electron chi connectivity index (χ3n) is 5.03. The van der Waals surface area contributed by atoms with Crippen LogP contribution in [0.1, 0.15) is 12.5 Å². The van der Waals surface area contributed by atoms with Gasteiger partial charge in [0.25, 0.3) is 5.91 Å². The maximum Gasteiger partial charge on any atom is 0.270 e. The van der Waals surface area contributed by atoms with Gasteiger partial charge in [0.05, 0.1) is 22.6 Å². The summed E-state index contributed by atoms with van der Waals surface area (Å²) in [5, 5.41) is 5.06. The fourth-order valence-corrected chi connectivity index (χ4v) is 4.85. The summed E-state index contributed by atoms with van der Waals surface area (Å²) in [6.45, 7) is 2.52. The van der Waals surface area contributed by atoms with Crippen molar-refractivity contribution in [2.45, 2.75) is 6.92 Å². The molecule has 5 rings (SSSR count). The smallest absolute Gasteiger partial charge is 0.270 e. The van der Waals surface area contributed by atoms with Gasteiger partial charge >= 0.3 is 0 Å². The van der Waals surface area contributed by atoms with Crippen molar-refractivity contribution in [3.05, 3.63) is 83.3 Å². The molecule has 32 heavy (non-hydrogen) atoms. The molecule has 1 amide bonds. The van der Waals surface area contributed by atoms with E-state index in [1.807, 2.05) is 85.8 Å². The highest BCUT2D eigenvalue weighted by Crippen LogP contribution is 2.37. The molecule has 1 aromatic heterocycles. The van der Waals surface area contributed by atoms with Crippen LogP contribution in [0.15, 0.2) is 82.2 Å². The van der Waals surface area contributed by atoms with Crippen LogP contribution < -0.4 is 9.64 Å². The number of aromatic nitrogens is 1. The van der Waals surface area contributed by atoms with Crippen LogP contribution in [0.3, 0.4) is 0 Å². The van der Waals surface area contributed by atoms with Gasteiger partial charge in [0.1, 0.15) is 11.3 Å². The number of carbonyl (C=O) groups excluding carboxylic acids is 1. The molecule has 1 saturated heterocycles. The Morgan fingerprint density at radius 1 is 1.09 bits per heavy atom. The van der Waals surface area contributed by atoms with E-state index in [-0.39, 0.29) is 5.91 Å². The molecule has 7 heteroatoms. The van der Waals surface area contributed by atoms with Gasteiger partial charge in [-0.3, -0.25) is 9.69 Å². The van der Waals surface area contributed by atoms with Crippen LogP contribution >= 0.6 is 24.0 Å². The zero-order chi connectivity index (χ0) is 22.1. The SMILES string of the molecule is CCOc1ccc(N2C(=O)/C(=C/c3ccc4noc(-c5ccccc5)c4c3)SC2=S)cc1. The quantitative estimate of drug-likeness (QED) is 0.258. The Balaban J connectivity index is 1.46. The lowest BCUT2D eigenvalue weighted by Gasteiger charge is -2.15. The number of anilines is 1. The largest absolute Gasteiger partial charge is 0.494 e. The molecule has 0 atom stereocenters. The minimum atomic E-state index is -0.141. The van der Waals surface area contributed by atoms with Crippen molar-refractivity contribution in [1.29, 1.82) is 0 Å². The molecule has 1 aliphatic rings. The van der Waals surface area contributed by atoms with Gasteiger partial charge in [0, 0.05) is 5.56 Å². The van der Waals surface area contributed by atoms with Gasteiger partial charge in [-0.1, -0.05) is 65.5 Å². The molecule has 1 aliphatic heterocycles. The number of amides is 1. The number of thioether (sulfide) groups is 1. The lowest BCUT2D eigenvalue weighted by molar-refractivity contribution is -0.113. The Morgan fingerprint density at radius 2 is 1.88 bits per heavy atom. The normalized spacial score (nSPS) is 15.2. The first kappa shape index (κ1) is 20.5. The number of ether oxygens (including phenoxy) is 1. The third kappa shape index (κ3) is 3.81. The molecule has 0 N–H and O–H groups in total. The third-order valence-corrected chi connectivity index (χ3v) is 6.34. The average Bonchev–Trinajstić information content (AvgIpc) is 3.35. The van der Waals surface area contributed by atoms with Crippen LogP contribution in [0.4, 0.5) is 5.69 Å². The Kier molecular flexibility index (Phi) is 5.51. The summed E-state index contributed by atoms with van der Waals surface area (Å²) >= 11 is 6.79. The van der Waals surface area contributed by atoms with E-state index in [9.17, 15) is 4.79 Å². The summed E-state index contributed by atoms with van der Waals surface area (Å²) in [5.41, 5.74) is 3.32. The standard InChI is InChI=1S/C25H18N2O3S2/c1-2-29-19-11-9-18(10-12-19)27-24(28)22(32-25(27)31)15-16-8-13-21-20(14-16)23(30-26-21)17-6-4-3-5-7-17/h3-15H,2H2,1H3/b22-15-. The van der Waals surface area contributed by atoms with Gasteiger partial charge in [-0.2, -0.15) is 0 Å². The van der Waals surface area contributed by atoms with Crippen LogP contribution in [-0.2, 0) is 4.79 Å². The average molecular weight is 459 g/mol. The summed E-state index contributed by atoms with van der Waals surface area (Å²) in [6.07, 6.45) is 1.86. The second-order valence-corrected chi connectivity index (χ2v) is 8.77. The van der Waals surface area contributed by atoms with Crippen molar-refractivity contribution in [3.63, 3.8) is 0 Å². The number of benzene rings is 3. The minimum Gasteiger partial charge on any atom is -0.494 e.